The zero-order valence-corrected chi connectivity index (χ0v) is 17.2. The van der Waals surface area contributed by atoms with Crippen molar-refractivity contribution in [3.63, 3.8) is 0 Å². The fourth-order valence-corrected chi connectivity index (χ4v) is 4.00. The number of amides is 1. The van der Waals surface area contributed by atoms with Crippen LogP contribution in [0.2, 0.25) is 5.02 Å². The number of hydrogen-bond donors (Lipinski definition) is 2. The minimum absolute atomic E-state index is 0.0450. The van der Waals surface area contributed by atoms with E-state index in [1.54, 1.807) is 0 Å². The molecule has 0 aliphatic heterocycles. The van der Waals surface area contributed by atoms with E-state index < -0.39 is 22.1 Å². The minimum Gasteiger partial charge on any atom is -0.449 e. The summed E-state index contributed by atoms with van der Waals surface area (Å²) in [4.78, 5) is 24.6. The summed E-state index contributed by atoms with van der Waals surface area (Å²) in [5.74, 6) is -0.854. The third-order valence-electron chi connectivity index (χ3n) is 4.83. The molecule has 1 aliphatic rings. The fraction of sp³-hybridized carbons (Fsp3) is 0.556. The molecule has 1 aromatic carbocycles. The number of sulfonamides is 1. The molecule has 27 heavy (non-hydrogen) atoms. The molecule has 3 atom stereocenters. The highest BCUT2D eigenvalue weighted by molar-refractivity contribution is 7.89. The van der Waals surface area contributed by atoms with Gasteiger partial charge in [0.25, 0.3) is 5.91 Å². The third kappa shape index (κ3) is 5.43. The molecule has 150 valence electrons. The van der Waals surface area contributed by atoms with Gasteiger partial charge >= 0.3 is 5.97 Å². The number of nitrogens with one attached hydrogen (secondary N) is 2. The van der Waals surface area contributed by atoms with Gasteiger partial charge in [0.15, 0.2) is 6.10 Å². The SMILES string of the molecule is CNS(=O)(=O)c1ccc(Cl)c(C(=O)O[C@H](C)C(=O)N[C@H]2CCCC[C@@H]2C)c1. The predicted octanol–water partition coefficient (Wildman–Crippen LogP) is 2.49. The second-order valence-corrected chi connectivity index (χ2v) is 9.07. The van der Waals surface area contributed by atoms with Gasteiger partial charge in [0.05, 0.1) is 15.5 Å². The first-order valence-electron chi connectivity index (χ1n) is 8.90. The Morgan fingerprint density at radius 1 is 1.26 bits per heavy atom. The first-order valence-corrected chi connectivity index (χ1v) is 10.8. The molecule has 0 bridgehead atoms. The minimum atomic E-state index is -3.74. The van der Waals surface area contributed by atoms with E-state index in [2.05, 4.69) is 17.0 Å². The molecule has 0 radical (unpaired) electrons. The van der Waals surface area contributed by atoms with Crippen molar-refractivity contribution < 1.29 is 22.7 Å². The Morgan fingerprint density at radius 2 is 1.93 bits per heavy atom. The Morgan fingerprint density at radius 3 is 2.56 bits per heavy atom. The molecule has 1 saturated carbocycles. The first kappa shape index (κ1) is 21.7. The fourth-order valence-electron chi connectivity index (χ4n) is 3.05. The number of rotatable bonds is 6. The van der Waals surface area contributed by atoms with Crippen LogP contribution in [0.1, 0.15) is 49.9 Å². The molecule has 2 rings (SSSR count). The maximum Gasteiger partial charge on any atom is 0.340 e. The van der Waals surface area contributed by atoms with Gasteiger partial charge in [0, 0.05) is 6.04 Å². The van der Waals surface area contributed by atoms with Crippen molar-refractivity contribution in [2.45, 2.75) is 56.6 Å². The standard InChI is InChI=1S/C18H25ClN2O5S/c1-11-6-4-5-7-16(11)21-17(22)12(2)26-18(23)14-10-13(8-9-15(14)19)27(24,25)20-3/h8-12,16,20H,4-7H2,1-3H3,(H,21,22)/t11-,12+,16-/m0/s1. The Kier molecular flexibility index (Phi) is 7.25. The Hall–Kier alpha value is -1.64. The van der Waals surface area contributed by atoms with E-state index in [-0.39, 0.29) is 27.4 Å². The quantitative estimate of drug-likeness (QED) is 0.693. The molecular formula is C18H25ClN2O5S. The normalized spacial score (nSPS) is 21.3. The summed E-state index contributed by atoms with van der Waals surface area (Å²) in [5.41, 5.74) is -0.112. The number of hydrogen-bond acceptors (Lipinski definition) is 5. The average Bonchev–Trinajstić information content (AvgIpc) is 2.63. The maximum atomic E-state index is 12.4. The van der Waals surface area contributed by atoms with Gasteiger partial charge in [0.2, 0.25) is 10.0 Å². The summed E-state index contributed by atoms with van der Waals surface area (Å²) < 4.78 is 31.2. The van der Waals surface area contributed by atoms with Crippen LogP contribution in [0.3, 0.4) is 0 Å². The van der Waals surface area contributed by atoms with Crippen molar-refractivity contribution in [2.75, 3.05) is 7.05 Å². The van der Waals surface area contributed by atoms with Crippen molar-refractivity contribution in [2.24, 2.45) is 5.92 Å². The van der Waals surface area contributed by atoms with E-state index in [0.29, 0.717) is 5.92 Å². The van der Waals surface area contributed by atoms with Gasteiger partial charge in [0.1, 0.15) is 0 Å². The number of carbonyl (C=O) groups is 2. The van der Waals surface area contributed by atoms with E-state index in [1.807, 2.05) is 0 Å². The number of benzene rings is 1. The van der Waals surface area contributed by atoms with Gasteiger partial charge in [-0.05, 0) is 50.9 Å². The largest absolute Gasteiger partial charge is 0.449 e. The second-order valence-electron chi connectivity index (χ2n) is 6.77. The maximum absolute atomic E-state index is 12.4. The molecule has 9 heteroatoms. The van der Waals surface area contributed by atoms with Crippen LogP contribution in [-0.4, -0.2) is 39.5 Å². The van der Waals surface area contributed by atoms with Crippen molar-refractivity contribution in [1.29, 1.82) is 0 Å². The first-order chi connectivity index (χ1) is 12.7. The third-order valence-corrected chi connectivity index (χ3v) is 6.57. The summed E-state index contributed by atoms with van der Waals surface area (Å²) >= 11 is 6.01. The average molecular weight is 417 g/mol. The topological polar surface area (TPSA) is 102 Å². The summed E-state index contributed by atoms with van der Waals surface area (Å²) in [6.07, 6.45) is 3.16. The summed E-state index contributed by atoms with van der Waals surface area (Å²) in [6.45, 7) is 3.57. The van der Waals surface area contributed by atoms with Crippen molar-refractivity contribution in [3.8, 4) is 0 Å². The lowest BCUT2D eigenvalue weighted by Crippen LogP contribution is -2.46. The smallest absolute Gasteiger partial charge is 0.340 e. The predicted molar refractivity (Wildman–Crippen MR) is 102 cm³/mol. The summed E-state index contributed by atoms with van der Waals surface area (Å²) in [7, 11) is -2.47. The Balaban J connectivity index is 2.07. The van der Waals surface area contributed by atoms with E-state index in [1.165, 1.54) is 26.1 Å². The molecule has 7 nitrogen and oxygen atoms in total. The summed E-state index contributed by atoms with van der Waals surface area (Å²) in [5, 5.41) is 2.97. The van der Waals surface area contributed by atoms with Crippen LogP contribution in [0.4, 0.5) is 0 Å². The Bertz CT molecular complexity index is 812. The van der Waals surface area contributed by atoms with Gasteiger partial charge < -0.3 is 10.1 Å². The molecular weight excluding hydrogens is 392 g/mol. The molecule has 0 heterocycles. The highest BCUT2D eigenvalue weighted by Crippen LogP contribution is 2.24. The zero-order chi connectivity index (χ0) is 20.2. The van der Waals surface area contributed by atoms with Crippen LogP contribution in [0.25, 0.3) is 0 Å². The molecule has 1 aromatic rings. The van der Waals surface area contributed by atoms with Crippen molar-refractivity contribution in [1.82, 2.24) is 10.0 Å². The molecule has 0 aromatic heterocycles. The molecule has 2 N–H and O–H groups in total. The van der Waals surface area contributed by atoms with Crippen LogP contribution in [0.15, 0.2) is 23.1 Å². The van der Waals surface area contributed by atoms with Gasteiger partial charge in [-0.15, -0.1) is 0 Å². The van der Waals surface area contributed by atoms with Crippen LogP contribution in [0, 0.1) is 5.92 Å². The van der Waals surface area contributed by atoms with Gasteiger partial charge in [-0.25, -0.2) is 17.9 Å². The monoisotopic (exact) mass is 416 g/mol. The van der Waals surface area contributed by atoms with Crippen LogP contribution in [-0.2, 0) is 19.6 Å². The summed E-state index contributed by atoms with van der Waals surface area (Å²) in [6, 6.07) is 3.78. The zero-order valence-electron chi connectivity index (χ0n) is 15.6. The van der Waals surface area contributed by atoms with E-state index in [9.17, 15) is 18.0 Å². The lowest BCUT2D eigenvalue weighted by atomic mass is 9.86. The van der Waals surface area contributed by atoms with Gasteiger partial charge in [-0.2, -0.15) is 0 Å². The molecule has 0 unspecified atom stereocenters. The van der Waals surface area contributed by atoms with E-state index in [4.69, 9.17) is 16.3 Å². The van der Waals surface area contributed by atoms with Crippen LogP contribution < -0.4 is 10.0 Å². The highest BCUT2D eigenvalue weighted by Gasteiger charge is 2.27. The molecule has 0 spiro atoms. The van der Waals surface area contributed by atoms with Crippen molar-refractivity contribution >= 4 is 33.5 Å². The molecule has 1 amide bonds. The van der Waals surface area contributed by atoms with Crippen LogP contribution >= 0.6 is 11.6 Å². The second kappa shape index (κ2) is 9.03. The Labute approximate surface area is 164 Å². The van der Waals surface area contributed by atoms with Gasteiger partial charge in [-0.3, -0.25) is 4.79 Å². The van der Waals surface area contributed by atoms with E-state index >= 15 is 0 Å². The number of carbonyl (C=O) groups excluding carboxylic acids is 2. The van der Waals surface area contributed by atoms with Crippen molar-refractivity contribution in [3.05, 3.63) is 28.8 Å². The van der Waals surface area contributed by atoms with Crippen LogP contribution in [0.5, 0.6) is 0 Å². The number of ether oxygens (including phenoxy) is 1. The number of halogens is 1. The number of esters is 1. The lowest BCUT2D eigenvalue weighted by molar-refractivity contribution is -0.130. The molecule has 1 fully saturated rings. The lowest BCUT2D eigenvalue weighted by Gasteiger charge is -2.30. The van der Waals surface area contributed by atoms with E-state index in [0.717, 1.165) is 31.7 Å². The van der Waals surface area contributed by atoms with Gasteiger partial charge in [-0.1, -0.05) is 31.4 Å². The molecule has 1 aliphatic carbocycles. The highest BCUT2D eigenvalue weighted by atomic mass is 35.5. The molecule has 0 saturated heterocycles.